The summed E-state index contributed by atoms with van der Waals surface area (Å²) in [5.74, 6) is -0.0807. The highest BCUT2D eigenvalue weighted by atomic mass is 127. The molecule has 0 aliphatic heterocycles. The van der Waals surface area contributed by atoms with Gasteiger partial charge in [-0.2, -0.15) is 0 Å². The lowest BCUT2D eigenvalue weighted by atomic mass is 10.1. The summed E-state index contributed by atoms with van der Waals surface area (Å²) in [6.07, 6.45) is 1.80. The highest BCUT2D eigenvalue weighted by Gasteiger charge is 2.01. The van der Waals surface area contributed by atoms with E-state index >= 15 is 0 Å². The van der Waals surface area contributed by atoms with E-state index in [9.17, 15) is 4.39 Å². The van der Waals surface area contributed by atoms with Crippen LogP contribution in [0.25, 0.3) is 0 Å². The Balaban J connectivity index is 2.72. The van der Waals surface area contributed by atoms with E-state index in [1.54, 1.807) is 6.07 Å². The Morgan fingerprint density at radius 2 is 2.17 bits per heavy atom. The summed E-state index contributed by atoms with van der Waals surface area (Å²) in [6, 6.07) is 5.37. The van der Waals surface area contributed by atoms with Crippen molar-refractivity contribution in [3.63, 3.8) is 0 Å². The minimum atomic E-state index is -0.0807. The van der Waals surface area contributed by atoms with Crippen LogP contribution in [0.15, 0.2) is 18.2 Å². The van der Waals surface area contributed by atoms with Crippen LogP contribution in [-0.2, 0) is 6.42 Å². The number of rotatable bonds is 3. The van der Waals surface area contributed by atoms with Crippen molar-refractivity contribution in [3.05, 3.63) is 33.1 Å². The minimum absolute atomic E-state index is 0.0807. The number of benzene rings is 1. The number of alkyl halides is 1. The molecule has 0 saturated carbocycles. The Bertz CT molecular complexity index is 263. The van der Waals surface area contributed by atoms with Gasteiger partial charge in [0.2, 0.25) is 0 Å². The van der Waals surface area contributed by atoms with Gasteiger partial charge < -0.3 is 0 Å². The summed E-state index contributed by atoms with van der Waals surface area (Å²) >= 11 is 5.43. The van der Waals surface area contributed by atoms with E-state index in [2.05, 4.69) is 38.5 Å². The van der Waals surface area contributed by atoms with Crippen LogP contribution >= 0.6 is 38.5 Å². The lowest BCUT2D eigenvalue weighted by Crippen LogP contribution is -1.91. The van der Waals surface area contributed by atoms with Gasteiger partial charge in [0.05, 0.1) is 0 Å². The molecular weight excluding hydrogens is 334 g/mol. The van der Waals surface area contributed by atoms with Gasteiger partial charge in [-0.25, -0.2) is 4.39 Å². The minimum Gasteiger partial charge on any atom is -0.207 e. The molecule has 1 aromatic rings. The summed E-state index contributed by atoms with van der Waals surface area (Å²) in [5.41, 5.74) is 0.815. The van der Waals surface area contributed by atoms with Gasteiger partial charge >= 0.3 is 0 Å². The molecule has 0 aliphatic carbocycles. The van der Waals surface area contributed by atoms with Crippen molar-refractivity contribution in [3.8, 4) is 0 Å². The van der Waals surface area contributed by atoms with E-state index in [-0.39, 0.29) is 5.82 Å². The summed E-state index contributed by atoms with van der Waals surface area (Å²) in [5, 5.41) is 0.929. The molecule has 0 bridgehead atoms. The molecule has 0 aromatic heterocycles. The van der Waals surface area contributed by atoms with Crippen molar-refractivity contribution in [1.29, 1.82) is 0 Å². The molecule has 0 fully saturated rings. The van der Waals surface area contributed by atoms with Crippen LogP contribution in [-0.4, -0.2) is 5.33 Å². The van der Waals surface area contributed by atoms with E-state index in [1.807, 2.05) is 12.1 Å². The monoisotopic (exact) mass is 342 g/mol. The topological polar surface area (TPSA) is 0 Å². The van der Waals surface area contributed by atoms with Crippen molar-refractivity contribution in [2.45, 2.75) is 12.8 Å². The van der Waals surface area contributed by atoms with Gasteiger partial charge in [0.1, 0.15) is 5.82 Å². The fraction of sp³-hybridized carbons (Fsp3) is 0.333. The van der Waals surface area contributed by atoms with Crippen LogP contribution in [0.2, 0.25) is 0 Å². The van der Waals surface area contributed by atoms with Crippen molar-refractivity contribution >= 4 is 38.5 Å². The normalized spacial score (nSPS) is 10.2. The molecule has 1 rings (SSSR count). The Morgan fingerprint density at radius 3 is 2.75 bits per heavy atom. The maximum atomic E-state index is 13.2. The first-order chi connectivity index (χ1) is 5.74. The average molecular weight is 343 g/mol. The van der Waals surface area contributed by atoms with Gasteiger partial charge in [0.25, 0.3) is 0 Å². The molecule has 3 heteroatoms. The molecule has 0 spiro atoms. The van der Waals surface area contributed by atoms with Gasteiger partial charge in [0, 0.05) is 8.90 Å². The Kier molecular flexibility index (Phi) is 4.50. The zero-order valence-electron chi connectivity index (χ0n) is 6.49. The van der Waals surface area contributed by atoms with Gasteiger partial charge in [0.15, 0.2) is 0 Å². The van der Waals surface area contributed by atoms with Crippen LogP contribution in [0.4, 0.5) is 4.39 Å². The van der Waals surface area contributed by atoms with Crippen LogP contribution < -0.4 is 0 Å². The Hall–Kier alpha value is 0.360. The highest BCUT2D eigenvalue weighted by Crippen LogP contribution is 2.14. The van der Waals surface area contributed by atoms with Crippen LogP contribution in [0.3, 0.4) is 0 Å². The number of aryl methyl sites for hydroxylation is 1. The molecular formula is C9H9BrFI. The standard InChI is InChI=1S/C9H9BrFI/c10-5-1-2-7-3-4-8(12)6-9(7)11/h3-4,6H,1-2,5H2. The quantitative estimate of drug-likeness (QED) is 0.579. The van der Waals surface area contributed by atoms with E-state index < -0.39 is 0 Å². The van der Waals surface area contributed by atoms with Gasteiger partial charge in [-0.05, 0) is 53.1 Å². The maximum absolute atomic E-state index is 13.2. The van der Waals surface area contributed by atoms with Crippen molar-refractivity contribution in [2.24, 2.45) is 0 Å². The molecule has 0 nitrogen and oxygen atoms in total. The zero-order chi connectivity index (χ0) is 8.97. The van der Waals surface area contributed by atoms with Gasteiger partial charge in [-0.3, -0.25) is 0 Å². The molecule has 0 heterocycles. The molecule has 0 amide bonds. The third-order valence-electron chi connectivity index (χ3n) is 1.59. The predicted octanol–water partition coefficient (Wildman–Crippen LogP) is 3.76. The highest BCUT2D eigenvalue weighted by molar-refractivity contribution is 14.1. The third kappa shape index (κ3) is 3.01. The smallest absolute Gasteiger partial charge is 0.127 e. The second-order valence-corrected chi connectivity index (χ2v) is 4.57. The summed E-state index contributed by atoms with van der Waals surface area (Å²) in [6.45, 7) is 0. The second-order valence-electron chi connectivity index (χ2n) is 2.53. The Morgan fingerprint density at radius 1 is 1.42 bits per heavy atom. The number of halogens is 3. The lowest BCUT2D eigenvalue weighted by Gasteiger charge is -2.01. The number of hydrogen-bond acceptors (Lipinski definition) is 0. The van der Waals surface area contributed by atoms with E-state index in [0.717, 1.165) is 27.3 Å². The third-order valence-corrected chi connectivity index (χ3v) is 2.83. The number of hydrogen-bond donors (Lipinski definition) is 0. The van der Waals surface area contributed by atoms with Crippen LogP contribution in [0.1, 0.15) is 12.0 Å². The summed E-state index contributed by atoms with van der Waals surface area (Å²) in [7, 11) is 0. The predicted molar refractivity (Wildman–Crippen MR) is 61.2 cm³/mol. The first-order valence-electron chi connectivity index (χ1n) is 3.74. The first-order valence-corrected chi connectivity index (χ1v) is 5.94. The maximum Gasteiger partial charge on any atom is 0.127 e. The van der Waals surface area contributed by atoms with E-state index in [4.69, 9.17) is 0 Å². The fourth-order valence-electron chi connectivity index (χ4n) is 0.982. The van der Waals surface area contributed by atoms with Crippen molar-refractivity contribution in [2.75, 3.05) is 5.33 Å². The van der Waals surface area contributed by atoms with Gasteiger partial charge in [-0.1, -0.05) is 22.0 Å². The zero-order valence-corrected chi connectivity index (χ0v) is 10.2. The largest absolute Gasteiger partial charge is 0.207 e. The molecule has 12 heavy (non-hydrogen) atoms. The van der Waals surface area contributed by atoms with Gasteiger partial charge in [-0.15, -0.1) is 0 Å². The van der Waals surface area contributed by atoms with E-state index in [1.165, 1.54) is 0 Å². The molecule has 0 unspecified atom stereocenters. The fourth-order valence-corrected chi connectivity index (χ4v) is 1.72. The molecule has 0 saturated heterocycles. The lowest BCUT2D eigenvalue weighted by molar-refractivity contribution is 0.607. The molecule has 0 aliphatic rings. The molecule has 66 valence electrons. The van der Waals surface area contributed by atoms with Crippen molar-refractivity contribution < 1.29 is 4.39 Å². The molecule has 0 N–H and O–H groups in total. The van der Waals surface area contributed by atoms with Crippen LogP contribution in [0, 0.1) is 9.39 Å². The average Bonchev–Trinajstić information content (AvgIpc) is 2.03. The molecule has 0 atom stereocenters. The van der Waals surface area contributed by atoms with Crippen LogP contribution in [0.5, 0.6) is 0 Å². The summed E-state index contributed by atoms with van der Waals surface area (Å²) in [4.78, 5) is 0. The van der Waals surface area contributed by atoms with Crippen molar-refractivity contribution in [1.82, 2.24) is 0 Å². The summed E-state index contributed by atoms with van der Waals surface area (Å²) < 4.78 is 14.1. The van der Waals surface area contributed by atoms with E-state index in [0.29, 0.717) is 0 Å². The first kappa shape index (κ1) is 10.4. The molecule has 1 aromatic carbocycles. The second kappa shape index (κ2) is 5.17. The Labute approximate surface area is 93.8 Å². The molecule has 0 radical (unpaired) electrons. The SMILES string of the molecule is Fc1cc(I)ccc1CCCBr.